The first-order chi connectivity index (χ1) is 11.4. The Bertz CT molecular complexity index is 907. The molecule has 1 aromatic rings. The zero-order valence-electron chi connectivity index (χ0n) is 15.3. The Labute approximate surface area is 149 Å². The van der Waals surface area contributed by atoms with Gasteiger partial charge in [0.1, 0.15) is 0 Å². The lowest BCUT2D eigenvalue weighted by atomic mass is 9.63. The fraction of sp³-hybridized carbons (Fsp3) is 0.450. The summed E-state index contributed by atoms with van der Waals surface area (Å²) in [5.74, 6) is 1.22. The van der Waals surface area contributed by atoms with Crippen molar-refractivity contribution in [1.29, 1.82) is 0 Å². The van der Waals surface area contributed by atoms with Gasteiger partial charge >= 0.3 is 5.97 Å². The second-order valence-corrected chi connectivity index (χ2v) is 9.54. The molecule has 0 saturated carbocycles. The summed E-state index contributed by atoms with van der Waals surface area (Å²) in [6.45, 7) is 9.97. The molecule has 0 heterocycles. The highest BCUT2D eigenvalue weighted by Crippen LogP contribution is 2.46. The quantitative estimate of drug-likeness (QED) is 0.495. The summed E-state index contributed by atoms with van der Waals surface area (Å²) in [7, 11) is -3.80. The first kappa shape index (κ1) is 19.3. The Kier molecular flexibility index (Phi) is 4.89. The number of carboxylic acids is 1. The molecule has 1 aliphatic rings. The van der Waals surface area contributed by atoms with E-state index in [2.05, 4.69) is 38.9 Å². The van der Waals surface area contributed by atoms with Crippen molar-refractivity contribution in [1.82, 2.24) is 0 Å². The average Bonchev–Trinajstić information content (AvgIpc) is 2.51. The standard InChI is InChI=1S/C20H24O4S/c1-14(18(21)22)7-6-12-25(23,24)15-8-9-16-17(13-15)20(4,5)11-10-19(16,2)3/h7-9,13H,10-11H2,1-5H3,(H,21,22)/b14-7+. The van der Waals surface area contributed by atoms with E-state index in [1.807, 2.05) is 6.07 Å². The van der Waals surface area contributed by atoms with E-state index in [1.165, 1.54) is 12.5 Å². The van der Waals surface area contributed by atoms with Gasteiger partial charge in [0, 0.05) is 10.8 Å². The zero-order chi connectivity index (χ0) is 19.0. The summed E-state index contributed by atoms with van der Waals surface area (Å²) in [5.41, 5.74) is 2.14. The number of carboxylic acid groups (broad SMARTS) is 1. The molecule has 0 atom stereocenters. The molecule has 5 heteroatoms. The molecular formula is C20H24O4S. The van der Waals surface area contributed by atoms with E-state index < -0.39 is 15.8 Å². The summed E-state index contributed by atoms with van der Waals surface area (Å²) >= 11 is 0. The molecule has 0 aliphatic heterocycles. The van der Waals surface area contributed by atoms with Gasteiger partial charge in [-0.05, 0) is 59.9 Å². The molecule has 0 spiro atoms. The molecule has 25 heavy (non-hydrogen) atoms. The van der Waals surface area contributed by atoms with Gasteiger partial charge in [-0.1, -0.05) is 39.7 Å². The molecule has 0 amide bonds. The molecule has 0 fully saturated rings. The Morgan fingerprint density at radius 3 is 2.24 bits per heavy atom. The van der Waals surface area contributed by atoms with Crippen LogP contribution in [0.2, 0.25) is 0 Å². The molecule has 0 saturated heterocycles. The van der Waals surface area contributed by atoms with Crippen LogP contribution in [0.25, 0.3) is 0 Å². The van der Waals surface area contributed by atoms with Gasteiger partial charge in [0.2, 0.25) is 9.84 Å². The number of hydrogen-bond donors (Lipinski definition) is 1. The fourth-order valence-corrected chi connectivity index (χ4v) is 3.92. The molecule has 2 rings (SSSR count). The number of aliphatic carboxylic acids is 1. The Morgan fingerprint density at radius 2 is 1.68 bits per heavy atom. The maximum absolute atomic E-state index is 12.5. The SMILES string of the molecule is C/C(=C\C#CS(=O)(=O)c1ccc2c(c1)C(C)(C)CCC2(C)C)C(=O)O. The van der Waals surface area contributed by atoms with Gasteiger partial charge in [0.05, 0.1) is 4.90 Å². The first-order valence-corrected chi connectivity index (χ1v) is 9.67. The lowest BCUT2D eigenvalue weighted by Crippen LogP contribution is -2.34. The summed E-state index contributed by atoms with van der Waals surface area (Å²) in [6.07, 6.45) is 3.15. The van der Waals surface area contributed by atoms with E-state index in [-0.39, 0.29) is 21.3 Å². The Hall–Kier alpha value is -2.06. The number of carbonyl (C=O) groups is 1. The predicted octanol–water partition coefficient (Wildman–Crippen LogP) is 3.80. The van der Waals surface area contributed by atoms with Crippen LogP contribution in [0.1, 0.15) is 58.6 Å². The normalized spacial score (nSPS) is 18.7. The van der Waals surface area contributed by atoms with Crippen LogP contribution in [-0.4, -0.2) is 19.5 Å². The van der Waals surface area contributed by atoms with Crippen LogP contribution in [0.4, 0.5) is 0 Å². The fourth-order valence-electron chi connectivity index (χ4n) is 3.07. The third kappa shape index (κ3) is 3.96. The van der Waals surface area contributed by atoms with Crippen LogP contribution in [-0.2, 0) is 25.5 Å². The number of sulfone groups is 1. The highest BCUT2D eigenvalue weighted by atomic mass is 32.2. The second kappa shape index (κ2) is 6.34. The Balaban J connectivity index is 2.50. The maximum atomic E-state index is 12.5. The van der Waals surface area contributed by atoms with E-state index >= 15 is 0 Å². The van der Waals surface area contributed by atoms with Crippen molar-refractivity contribution in [2.24, 2.45) is 0 Å². The lowest BCUT2D eigenvalue weighted by Gasteiger charge is -2.41. The zero-order valence-corrected chi connectivity index (χ0v) is 16.1. The highest BCUT2D eigenvalue weighted by molar-refractivity contribution is 7.96. The van der Waals surface area contributed by atoms with Gasteiger partial charge in [0.25, 0.3) is 0 Å². The van der Waals surface area contributed by atoms with Crippen molar-refractivity contribution in [2.75, 3.05) is 0 Å². The summed E-state index contributed by atoms with van der Waals surface area (Å²) in [6, 6.07) is 5.22. The van der Waals surface area contributed by atoms with Gasteiger partial charge < -0.3 is 5.11 Å². The molecule has 1 aliphatic carbocycles. The molecule has 0 bridgehead atoms. The van der Waals surface area contributed by atoms with E-state index in [0.717, 1.165) is 24.5 Å². The largest absolute Gasteiger partial charge is 0.478 e. The number of allylic oxidation sites excluding steroid dienone is 1. The van der Waals surface area contributed by atoms with Gasteiger partial charge in [0.15, 0.2) is 0 Å². The van der Waals surface area contributed by atoms with E-state index in [0.29, 0.717) is 0 Å². The van der Waals surface area contributed by atoms with Crippen LogP contribution in [0, 0.1) is 11.2 Å². The van der Waals surface area contributed by atoms with Gasteiger partial charge in [-0.2, -0.15) is 0 Å². The minimum atomic E-state index is -3.80. The number of hydrogen-bond acceptors (Lipinski definition) is 3. The molecule has 0 aromatic heterocycles. The second-order valence-electron chi connectivity index (χ2n) is 7.86. The van der Waals surface area contributed by atoms with Crippen molar-refractivity contribution >= 4 is 15.8 Å². The monoisotopic (exact) mass is 360 g/mol. The summed E-state index contributed by atoms with van der Waals surface area (Å²) < 4.78 is 25.0. The topological polar surface area (TPSA) is 71.4 Å². The van der Waals surface area contributed by atoms with Crippen LogP contribution in [0.3, 0.4) is 0 Å². The Morgan fingerprint density at radius 1 is 1.12 bits per heavy atom. The van der Waals surface area contributed by atoms with E-state index in [1.54, 1.807) is 12.1 Å². The van der Waals surface area contributed by atoms with Crippen molar-refractivity contribution in [3.8, 4) is 11.2 Å². The van der Waals surface area contributed by atoms with Crippen molar-refractivity contribution in [2.45, 2.75) is 63.2 Å². The molecular weight excluding hydrogens is 336 g/mol. The number of rotatable bonds is 2. The minimum Gasteiger partial charge on any atom is -0.478 e. The van der Waals surface area contributed by atoms with Crippen LogP contribution in [0.15, 0.2) is 34.7 Å². The van der Waals surface area contributed by atoms with Crippen LogP contribution >= 0.6 is 0 Å². The molecule has 134 valence electrons. The van der Waals surface area contributed by atoms with Crippen molar-refractivity contribution < 1.29 is 18.3 Å². The highest BCUT2D eigenvalue weighted by Gasteiger charge is 2.37. The third-order valence-corrected chi connectivity index (χ3v) is 6.22. The van der Waals surface area contributed by atoms with Gasteiger partial charge in [-0.15, -0.1) is 0 Å². The van der Waals surface area contributed by atoms with Gasteiger partial charge in [-0.3, -0.25) is 0 Å². The molecule has 1 N–H and O–H groups in total. The lowest BCUT2D eigenvalue weighted by molar-refractivity contribution is -0.132. The van der Waals surface area contributed by atoms with Crippen LogP contribution < -0.4 is 0 Å². The molecule has 1 aromatic carbocycles. The van der Waals surface area contributed by atoms with Crippen molar-refractivity contribution in [3.63, 3.8) is 0 Å². The summed E-state index contributed by atoms with van der Waals surface area (Å²) in [4.78, 5) is 10.9. The first-order valence-electron chi connectivity index (χ1n) is 8.19. The smallest absolute Gasteiger partial charge is 0.331 e. The molecule has 0 unspecified atom stereocenters. The van der Waals surface area contributed by atoms with E-state index in [4.69, 9.17) is 5.11 Å². The third-order valence-electron chi connectivity index (χ3n) is 4.95. The average molecular weight is 360 g/mol. The summed E-state index contributed by atoms with van der Waals surface area (Å²) in [5, 5.41) is 11.0. The predicted molar refractivity (Wildman–Crippen MR) is 98.1 cm³/mol. The van der Waals surface area contributed by atoms with Crippen LogP contribution in [0.5, 0.6) is 0 Å². The molecule has 4 nitrogen and oxygen atoms in total. The van der Waals surface area contributed by atoms with Crippen molar-refractivity contribution in [3.05, 3.63) is 41.0 Å². The van der Waals surface area contributed by atoms with Gasteiger partial charge in [-0.25, -0.2) is 13.2 Å². The maximum Gasteiger partial charge on any atom is 0.331 e. The minimum absolute atomic E-state index is 0.00368. The number of benzene rings is 1. The molecule has 0 radical (unpaired) electrons. The van der Waals surface area contributed by atoms with E-state index in [9.17, 15) is 13.2 Å². The number of fused-ring (bicyclic) bond motifs is 1.